The second kappa shape index (κ2) is 29.5. The van der Waals surface area contributed by atoms with Crippen LogP contribution in [0, 0.1) is 98.6 Å². The monoisotopic (exact) mass is 1110 g/mol. The topological polar surface area (TPSA) is 125 Å². The summed E-state index contributed by atoms with van der Waals surface area (Å²) < 4.78 is 50.6. The third-order valence-corrected chi connectivity index (χ3v) is 22.5. The molecule has 10 unspecified atom stereocenters. The molecule has 0 aliphatic heterocycles. The number of ether oxygens (including phenoxy) is 3. The number of halogens is 3. The van der Waals surface area contributed by atoms with E-state index in [1.54, 1.807) is 0 Å². The fraction of sp³-hybridized carbons (Fsp3) is 0.873. The summed E-state index contributed by atoms with van der Waals surface area (Å²) in [5.74, 6) is 8.81. The minimum Gasteiger partial charge on any atom is -0.547 e. The van der Waals surface area contributed by atoms with E-state index in [9.17, 15) is 32.4 Å². The molecule has 0 aromatic carbocycles. The number of rotatable bonds is 12. The van der Waals surface area contributed by atoms with Gasteiger partial charge >= 0.3 is 19.5 Å². The predicted octanol–water partition coefficient (Wildman–Crippen LogP) is 15.9. The first kappa shape index (κ1) is 68.8. The predicted molar refractivity (Wildman–Crippen MR) is 309 cm³/mol. The molecule has 7 fully saturated rings. The minimum absolute atomic E-state index is 0. The Morgan fingerprint density at radius 2 is 1.16 bits per heavy atom. The van der Waals surface area contributed by atoms with Crippen molar-refractivity contribution in [3.05, 3.63) is 23.5 Å². The fourth-order valence-electron chi connectivity index (χ4n) is 18.0. The summed E-state index contributed by atoms with van der Waals surface area (Å²) in [5, 5.41) is 10.4. The first-order valence-electron chi connectivity index (χ1n) is 29.9. The Bertz CT molecular complexity index is 1960. The standard InChI is InChI=1S/C29H50O3Si.C27H42O4.C4H10O.C2H4O.CH4.BF3/c1-19-13-15-28(3)21(17-19)18-25(32-33(6,7)8)27-23-11-10-22(20(2)9-12-26(30)31-5)29(23,4)16-14-24(27)28;1-6-18-22-15-17(28)11-13-27(22,4)21-12-14-26(3)19(16(2)7-10-23(29)31-5)8-9-20(26)24(21)25(18)30;1-3-5-4-2;1-2-3;;2-1(3)4/h18-24,27H,9-17H2,1-8H3;6,16-17,19-22,24,28H,7-15H2,1-5H3;3-4H2,1-2H3;2H,1H3;1H4;/b;18-6+;;;;/t19-,20-,21?,22?,23?,24?,27?,28+,29-;16-,17-,19?,20?,21?,22?,24?,26-,27-;;;;/m11..../s1. The van der Waals surface area contributed by atoms with Crippen molar-refractivity contribution in [1.29, 1.82) is 0 Å². The molecule has 77 heavy (non-hydrogen) atoms. The second-order valence-electron chi connectivity index (χ2n) is 26.8. The van der Waals surface area contributed by atoms with Crippen molar-refractivity contribution in [2.75, 3.05) is 27.4 Å². The smallest absolute Gasteiger partial charge is 0.547 e. The number of fused-ring (bicyclic) bond motifs is 10. The molecule has 0 heterocycles. The second-order valence-corrected chi connectivity index (χ2v) is 31.2. The lowest BCUT2D eigenvalue weighted by molar-refractivity contribution is -0.150. The van der Waals surface area contributed by atoms with Crippen LogP contribution in [0.1, 0.15) is 199 Å². The molecule has 18 atom stereocenters. The van der Waals surface area contributed by atoms with Gasteiger partial charge in [0.1, 0.15) is 6.29 Å². The number of aldehydes is 1. The van der Waals surface area contributed by atoms with E-state index in [1.807, 2.05) is 20.8 Å². The van der Waals surface area contributed by atoms with E-state index < -0.39 is 15.9 Å². The van der Waals surface area contributed by atoms with E-state index in [1.165, 1.54) is 84.7 Å². The zero-order valence-electron chi connectivity index (χ0n) is 50.4. The Kier molecular flexibility index (Phi) is 26.4. The number of hydrogen-bond donors (Lipinski definition) is 1. The van der Waals surface area contributed by atoms with E-state index >= 15 is 0 Å². The van der Waals surface area contributed by atoms with Crippen LogP contribution in [-0.4, -0.2) is 78.5 Å². The molecule has 0 radical (unpaired) electrons. The Labute approximate surface area is 468 Å². The van der Waals surface area contributed by atoms with Crippen LogP contribution in [0.15, 0.2) is 23.5 Å². The molecule has 8 aliphatic rings. The molecule has 14 heteroatoms. The summed E-state index contributed by atoms with van der Waals surface area (Å²) in [6.07, 6.45) is 24.8. The lowest BCUT2D eigenvalue weighted by atomic mass is 9.43. The average Bonchev–Trinajstić information content (AvgIpc) is 3.90. The molecule has 0 saturated heterocycles. The molecule has 8 aliphatic carbocycles. The number of ketones is 1. The van der Waals surface area contributed by atoms with Crippen molar-refractivity contribution in [1.82, 2.24) is 0 Å². The van der Waals surface area contributed by atoms with Gasteiger partial charge in [-0.25, -0.2) is 0 Å². The zero-order valence-corrected chi connectivity index (χ0v) is 51.4. The van der Waals surface area contributed by atoms with E-state index in [4.69, 9.17) is 23.4 Å². The third kappa shape index (κ3) is 15.8. The lowest BCUT2D eigenvalue weighted by Crippen LogP contribution is -2.58. The average molecular weight is 1110 g/mol. The van der Waals surface area contributed by atoms with Crippen LogP contribution in [0.2, 0.25) is 19.6 Å². The molecule has 0 aromatic heterocycles. The van der Waals surface area contributed by atoms with Gasteiger partial charge in [0.25, 0.3) is 0 Å². The number of methoxy groups -OCH3 is 2. The molecular weight excluding hydrogens is 997 g/mol. The minimum atomic E-state index is -3.67. The van der Waals surface area contributed by atoms with Gasteiger partial charge < -0.3 is 28.5 Å². The van der Waals surface area contributed by atoms with Gasteiger partial charge in [0, 0.05) is 37.9 Å². The molecule has 1 N–H and O–H groups in total. The number of carbonyl (C=O) groups excluding carboxylic acids is 4. The van der Waals surface area contributed by atoms with Crippen molar-refractivity contribution in [2.24, 2.45) is 98.6 Å². The van der Waals surface area contributed by atoms with Crippen molar-refractivity contribution in [3.63, 3.8) is 0 Å². The van der Waals surface area contributed by atoms with Gasteiger partial charge in [-0.1, -0.05) is 68.4 Å². The summed E-state index contributed by atoms with van der Waals surface area (Å²) in [4.78, 5) is 46.2. The maximum Gasteiger partial charge on any atom is 0.762 e. The Balaban J connectivity index is 0.000000332. The zero-order chi connectivity index (χ0) is 57.1. The van der Waals surface area contributed by atoms with Crippen molar-refractivity contribution >= 4 is 39.9 Å². The fourth-order valence-corrected chi connectivity index (χ4v) is 18.9. The number of esters is 2. The normalized spacial score (nSPS) is 38.6. The number of Topliss-reactive ketones (excluding diaryl/α,β-unsaturated/α-hetero) is 1. The van der Waals surface area contributed by atoms with Gasteiger partial charge in [0.2, 0.25) is 8.32 Å². The van der Waals surface area contributed by atoms with Gasteiger partial charge in [-0.3, -0.25) is 27.3 Å². The lowest BCUT2D eigenvalue weighted by Gasteiger charge is -2.61. The van der Waals surface area contributed by atoms with Crippen LogP contribution in [0.4, 0.5) is 12.9 Å². The molecule has 9 nitrogen and oxygen atoms in total. The summed E-state index contributed by atoms with van der Waals surface area (Å²) in [6.45, 7) is 33.4. The SMILES string of the molecule is C.C/C=C1/C(=O)C2C(CC[C@@]3(C)C2CCC3[C@H](C)CCC(=O)OC)[C@@]2(C)CC[C@@H](O)CC12.CC=O.CCOCC.COC(=O)CC[C@@H](C)C1CCC2C3C(O[Si](C)(C)C)=CC4C[C@H](C)CC[C@]4(C)C3CC[C@@]21C.FB(F)F. The van der Waals surface area contributed by atoms with Gasteiger partial charge in [-0.2, -0.15) is 0 Å². The van der Waals surface area contributed by atoms with Crippen LogP contribution in [0.3, 0.4) is 0 Å². The molecule has 0 aromatic rings. The summed E-state index contributed by atoms with van der Waals surface area (Å²) in [5.41, 5.74) is 2.13. The van der Waals surface area contributed by atoms with Crippen molar-refractivity contribution in [2.45, 2.75) is 225 Å². The largest absolute Gasteiger partial charge is 0.762 e. The first-order chi connectivity index (χ1) is 35.6. The highest BCUT2D eigenvalue weighted by Gasteiger charge is 2.65. The summed E-state index contributed by atoms with van der Waals surface area (Å²) in [7, 11) is -2.37. The van der Waals surface area contributed by atoms with Crippen molar-refractivity contribution < 1.29 is 55.9 Å². The van der Waals surface area contributed by atoms with Crippen LogP contribution < -0.4 is 0 Å². The van der Waals surface area contributed by atoms with E-state index in [-0.39, 0.29) is 48.1 Å². The number of allylic oxidation sites excluding steroid dienone is 4. The maximum absolute atomic E-state index is 13.9. The molecule has 0 amide bonds. The summed E-state index contributed by atoms with van der Waals surface area (Å²) >= 11 is 0. The van der Waals surface area contributed by atoms with Crippen molar-refractivity contribution in [3.8, 4) is 0 Å². The van der Waals surface area contributed by atoms with E-state index in [2.05, 4.69) is 80.3 Å². The molecule has 444 valence electrons. The molecule has 8 rings (SSSR count). The Morgan fingerprint density at radius 3 is 1.58 bits per heavy atom. The van der Waals surface area contributed by atoms with E-state index in [0.717, 1.165) is 87.8 Å². The number of carbonyl (C=O) groups is 4. The Hall–Kier alpha value is -2.45. The first-order valence-corrected chi connectivity index (χ1v) is 33.4. The van der Waals surface area contributed by atoms with Gasteiger partial charge in [-0.15, -0.1) is 0 Å². The van der Waals surface area contributed by atoms with Gasteiger partial charge in [0.15, 0.2) is 5.78 Å². The van der Waals surface area contributed by atoms with Gasteiger partial charge in [-0.05, 0) is 242 Å². The van der Waals surface area contributed by atoms with Gasteiger partial charge in [0.05, 0.1) is 26.1 Å². The Morgan fingerprint density at radius 1 is 0.727 bits per heavy atom. The van der Waals surface area contributed by atoms with E-state index in [0.29, 0.717) is 76.8 Å². The highest BCUT2D eigenvalue weighted by molar-refractivity contribution is 6.70. The van der Waals surface area contributed by atoms with Crippen LogP contribution in [0.5, 0.6) is 0 Å². The third-order valence-electron chi connectivity index (χ3n) is 21.6. The van der Waals surface area contributed by atoms with Crippen LogP contribution in [-0.2, 0) is 37.8 Å². The molecule has 0 spiro atoms. The molecule has 7 saturated carbocycles. The molecular formula is C63H110BF3O9Si. The maximum atomic E-state index is 13.9. The number of aliphatic hydroxyl groups excluding tert-OH is 1. The summed E-state index contributed by atoms with van der Waals surface area (Å²) in [6, 6.07) is 0. The number of hydrogen-bond acceptors (Lipinski definition) is 9. The quantitative estimate of drug-likeness (QED) is 0.0880. The molecule has 0 bridgehead atoms. The number of aliphatic hydroxyl groups is 1. The van der Waals surface area contributed by atoms with Crippen LogP contribution >= 0.6 is 0 Å². The highest BCUT2D eigenvalue weighted by atomic mass is 28.4. The highest BCUT2D eigenvalue weighted by Crippen LogP contribution is 2.70. The van der Waals surface area contributed by atoms with Crippen LogP contribution in [0.25, 0.3) is 0 Å².